The van der Waals surface area contributed by atoms with Crippen molar-refractivity contribution >= 4 is 11.9 Å². The Labute approximate surface area is 201 Å². The highest BCUT2D eigenvalue weighted by Gasteiger charge is 2.08. The Balaban J connectivity index is 1.63. The highest BCUT2D eigenvalue weighted by Crippen LogP contribution is 2.30. The van der Waals surface area contributed by atoms with Crippen molar-refractivity contribution in [2.45, 2.75) is 0 Å². The van der Waals surface area contributed by atoms with E-state index in [4.69, 9.17) is 9.47 Å². The molecule has 0 amide bonds. The lowest BCUT2D eigenvalue weighted by atomic mass is 9.99. The number of halogens is 1. The standard InChI is InChI=1S/C28H21FO6/c1-3-27(30)34-17-15-32-23-10-5-20(6-11-23)22-9-14-25(26(29)19-22)21-7-12-24(13-8-21)33-16-18-35-28(31)4-2/h3-19H,1-2H2. The van der Waals surface area contributed by atoms with Gasteiger partial charge in [-0.1, -0.05) is 49.6 Å². The number of carbonyl (C=O) groups is 2. The lowest BCUT2D eigenvalue weighted by molar-refractivity contribution is -0.133. The zero-order chi connectivity index (χ0) is 25.0. The molecule has 6 nitrogen and oxygen atoms in total. The molecule has 0 saturated carbocycles. The molecule has 0 aliphatic rings. The summed E-state index contributed by atoms with van der Waals surface area (Å²) in [7, 11) is 0. The Bertz CT molecular complexity index is 1260. The summed E-state index contributed by atoms with van der Waals surface area (Å²) >= 11 is 0. The van der Waals surface area contributed by atoms with Crippen LogP contribution in [0.4, 0.5) is 4.39 Å². The van der Waals surface area contributed by atoms with Crippen molar-refractivity contribution in [1.29, 1.82) is 0 Å². The van der Waals surface area contributed by atoms with Gasteiger partial charge in [0.1, 0.15) is 42.4 Å². The van der Waals surface area contributed by atoms with Crippen LogP contribution in [0.5, 0.6) is 11.5 Å². The third kappa shape index (κ3) is 7.30. The number of benzene rings is 3. The highest BCUT2D eigenvalue weighted by atomic mass is 19.1. The molecular weight excluding hydrogens is 451 g/mol. The van der Waals surface area contributed by atoms with Crippen LogP contribution in [0.2, 0.25) is 0 Å². The fourth-order valence-corrected chi connectivity index (χ4v) is 2.87. The van der Waals surface area contributed by atoms with Crippen molar-refractivity contribution in [2.75, 3.05) is 0 Å². The molecule has 0 fully saturated rings. The van der Waals surface area contributed by atoms with Crippen molar-refractivity contribution < 1.29 is 32.9 Å². The van der Waals surface area contributed by atoms with Crippen LogP contribution in [0.3, 0.4) is 0 Å². The van der Waals surface area contributed by atoms with E-state index < -0.39 is 11.9 Å². The normalized spacial score (nSPS) is 10.7. The molecule has 176 valence electrons. The summed E-state index contributed by atoms with van der Waals surface area (Å²) in [5, 5.41) is 0. The van der Waals surface area contributed by atoms with E-state index >= 15 is 0 Å². The van der Waals surface area contributed by atoms with Crippen LogP contribution < -0.4 is 9.47 Å². The molecule has 3 aromatic carbocycles. The zero-order valence-electron chi connectivity index (χ0n) is 18.6. The monoisotopic (exact) mass is 472 g/mol. The van der Waals surface area contributed by atoms with Gasteiger partial charge in [0, 0.05) is 17.7 Å². The third-order valence-electron chi connectivity index (χ3n) is 4.54. The molecule has 0 atom stereocenters. The first-order valence-electron chi connectivity index (χ1n) is 10.3. The van der Waals surface area contributed by atoms with Crippen molar-refractivity contribution in [1.82, 2.24) is 0 Å². The van der Waals surface area contributed by atoms with Gasteiger partial charge in [-0.3, -0.25) is 0 Å². The summed E-state index contributed by atoms with van der Waals surface area (Å²) in [4.78, 5) is 21.9. The molecule has 3 aromatic rings. The highest BCUT2D eigenvalue weighted by molar-refractivity contribution is 5.82. The van der Waals surface area contributed by atoms with Crippen LogP contribution in [-0.2, 0) is 19.1 Å². The van der Waals surface area contributed by atoms with Crippen LogP contribution in [0, 0.1) is 5.82 Å². The van der Waals surface area contributed by atoms with Gasteiger partial charge in [-0.15, -0.1) is 0 Å². The maximum absolute atomic E-state index is 14.9. The SMILES string of the molecule is C=CC(=O)OC=COc1ccc(-c2ccc(-c3ccc(OC=COC(=O)C=C)cc3)c(F)c2)cc1. The molecule has 0 saturated heterocycles. The third-order valence-corrected chi connectivity index (χ3v) is 4.54. The quantitative estimate of drug-likeness (QED) is 0.195. The Morgan fingerprint density at radius 1 is 0.629 bits per heavy atom. The molecule has 0 spiro atoms. The molecule has 0 aromatic heterocycles. The Hall–Kier alpha value is -4.91. The van der Waals surface area contributed by atoms with Crippen LogP contribution >= 0.6 is 0 Å². The van der Waals surface area contributed by atoms with Gasteiger partial charge in [-0.25, -0.2) is 14.0 Å². The number of hydrogen-bond acceptors (Lipinski definition) is 6. The first kappa shape index (κ1) is 24.7. The van der Waals surface area contributed by atoms with Crippen LogP contribution in [0.25, 0.3) is 22.3 Å². The zero-order valence-corrected chi connectivity index (χ0v) is 18.6. The van der Waals surface area contributed by atoms with Gasteiger partial charge in [-0.05, 0) is 47.0 Å². The molecule has 0 unspecified atom stereocenters. The summed E-state index contributed by atoms with van der Waals surface area (Å²) in [6.45, 7) is 6.58. The first-order valence-corrected chi connectivity index (χ1v) is 10.3. The van der Waals surface area contributed by atoms with E-state index in [0.29, 0.717) is 28.2 Å². The van der Waals surface area contributed by atoms with Crippen LogP contribution in [-0.4, -0.2) is 11.9 Å². The van der Waals surface area contributed by atoms with E-state index in [1.54, 1.807) is 54.6 Å². The Morgan fingerprint density at radius 2 is 1.09 bits per heavy atom. The average molecular weight is 472 g/mol. The fraction of sp³-hybridized carbons (Fsp3) is 0. The van der Waals surface area contributed by atoms with Crippen LogP contribution in [0.15, 0.2) is 117 Å². The minimum Gasteiger partial charge on any atom is -0.462 e. The van der Waals surface area contributed by atoms with Crippen molar-refractivity contribution in [3.63, 3.8) is 0 Å². The molecule has 35 heavy (non-hydrogen) atoms. The molecular formula is C28H21FO6. The average Bonchev–Trinajstić information content (AvgIpc) is 2.89. The summed E-state index contributed by atoms with van der Waals surface area (Å²) in [6, 6.07) is 18.8. The molecule has 0 N–H and O–H groups in total. The van der Waals surface area contributed by atoms with E-state index in [2.05, 4.69) is 22.6 Å². The van der Waals surface area contributed by atoms with Gasteiger partial charge in [-0.2, -0.15) is 0 Å². The maximum Gasteiger partial charge on any atom is 0.335 e. The Kier molecular flexibility index (Phi) is 8.73. The number of esters is 2. The minimum atomic E-state index is -0.593. The number of ether oxygens (including phenoxy) is 4. The predicted molar refractivity (Wildman–Crippen MR) is 129 cm³/mol. The summed E-state index contributed by atoms with van der Waals surface area (Å²) in [5.41, 5.74) is 2.62. The minimum absolute atomic E-state index is 0.375. The van der Waals surface area contributed by atoms with E-state index in [-0.39, 0.29) is 5.82 Å². The fourth-order valence-electron chi connectivity index (χ4n) is 2.87. The van der Waals surface area contributed by atoms with Gasteiger partial charge >= 0.3 is 11.9 Å². The first-order chi connectivity index (χ1) is 17.0. The lowest BCUT2D eigenvalue weighted by Crippen LogP contribution is -1.93. The molecule has 0 aliphatic heterocycles. The van der Waals surface area contributed by atoms with Gasteiger partial charge in [0.15, 0.2) is 0 Å². The van der Waals surface area contributed by atoms with E-state index in [0.717, 1.165) is 30.2 Å². The smallest absolute Gasteiger partial charge is 0.335 e. The number of hydrogen-bond donors (Lipinski definition) is 0. The Morgan fingerprint density at radius 3 is 1.54 bits per heavy atom. The van der Waals surface area contributed by atoms with Gasteiger partial charge in [0.2, 0.25) is 0 Å². The van der Waals surface area contributed by atoms with Gasteiger partial charge in [0.25, 0.3) is 0 Å². The summed E-state index contributed by atoms with van der Waals surface area (Å²) in [6.07, 6.45) is 6.74. The van der Waals surface area contributed by atoms with Gasteiger partial charge < -0.3 is 18.9 Å². The van der Waals surface area contributed by atoms with E-state index in [1.807, 2.05) is 6.07 Å². The molecule has 7 heteroatoms. The number of carbonyl (C=O) groups excluding carboxylic acids is 2. The second-order valence-electron chi connectivity index (χ2n) is 6.81. The summed E-state index contributed by atoms with van der Waals surface area (Å²) in [5.74, 6) is -0.541. The van der Waals surface area contributed by atoms with Gasteiger partial charge in [0.05, 0.1) is 0 Å². The maximum atomic E-state index is 14.9. The second-order valence-corrected chi connectivity index (χ2v) is 6.81. The second kappa shape index (κ2) is 12.4. The molecule has 0 heterocycles. The molecule has 3 rings (SSSR count). The molecule has 0 aliphatic carbocycles. The predicted octanol–water partition coefficient (Wildman–Crippen LogP) is 6.32. The van der Waals surface area contributed by atoms with E-state index in [9.17, 15) is 14.0 Å². The summed E-state index contributed by atoms with van der Waals surface area (Å²) < 4.78 is 34.9. The largest absolute Gasteiger partial charge is 0.462 e. The number of rotatable bonds is 10. The van der Waals surface area contributed by atoms with Crippen molar-refractivity contribution in [2.24, 2.45) is 0 Å². The lowest BCUT2D eigenvalue weighted by Gasteiger charge is -2.09. The van der Waals surface area contributed by atoms with Crippen molar-refractivity contribution in [3.05, 3.63) is 123 Å². The van der Waals surface area contributed by atoms with Crippen molar-refractivity contribution in [3.8, 4) is 33.8 Å². The van der Waals surface area contributed by atoms with Crippen LogP contribution in [0.1, 0.15) is 0 Å². The molecule has 0 radical (unpaired) electrons. The topological polar surface area (TPSA) is 71.1 Å². The van der Waals surface area contributed by atoms with E-state index in [1.165, 1.54) is 18.6 Å². The molecule has 0 bridgehead atoms.